The molecule has 4 heteroatoms. The van der Waals surface area contributed by atoms with E-state index in [9.17, 15) is 0 Å². The van der Waals surface area contributed by atoms with Gasteiger partial charge in [0.2, 0.25) is 0 Å². The second-order valence-electron chi connectivity index (χ2n) is 4.48. The molecule has 0 spiro atoms. The molecule has 0 fully saturated rings. The van der Waals surface area contributed by atoms with Gasteiger partial charge in [0.25, 0.3) is 0 Å². The monoisotopic (exact) mass is 265 g/mol. The Hall–Kier alpha value is -1.39. The van der Waals surface area contributed by atoms with Crippen LogP contribution in [0.15, 0.2) is 24.3 Å². The highest BCUT2D eigenvalue weighted by Crippen LogP contribution is 2.13. The van der Waals surface area contributed by atoms with E-state index in [1.165, 1.54) is 12.8 Å². The molecule has 0 saturated heterocycles. The van der Waals surface area contributed by atoms with Crippen molar-refractivity contribution in [3.8, 4) is 0 Å². The van der Waals surface area contributed by atoms with Crippen LogP contribution in [0.5, 0.6) is 0 Å². The first-order valence-corrected chi connectivity index (χ1v) is 6.95. The van der Waals surface area contributed by atoms with E-state index >= 15 is 0 Å². The zero-order chi connectivity index (χ0) is 13.9. The predicted molar refractivity (Wildman–Crippen MR) is 78.7 cm³/mol. The molecule has 0 saturated carbocycles. The van der Waals surface area contributed by atoms with E-state index in [0.29, 0.717) is 13.1 Å². The van der Waals surface area contributed by atoms with Crippen LogP contribution < -0.4 is 9.89 Å². The highest BCUT2D eigenvalue weighted by molar-refractivity contribution is 5.75. The maximum Gasteiger partial charge on any atom is 0.169 e. The van der Waals surface area contributed by atoms with E-state index in [0.717, 1.165) is 17.8 Å². The van der Waals surface area contributed by atoms with Crippen LogP contribution in [0.1, 0.15) is 25.3 Å². The lowest BCUT2D eigenvalue weighted by Crippen LogP contribution is -2.69. The molecular weight excluding hydrogens is 240 g/mol. The number of anilines is 1. The summed E-state index contributed by atoms with van der Waals surface area (Å²) < 4.78 is 0. The third kappa shape index (κ3) is 5.85. The Morgan fingerprint density at radius 3 is 2.26 bits per heavy atom. The van der Waals surface area contributed by atoms with Gasteiger partial charge in [-0.3, -0.25) is 0 Å². The summed E-state index contributed by atoms with van der Waals surface area (Å²) in [6, 6.07) is 8.10. The van der Waals surface area contributed by atoms with Crippen LogP contribution in [-0.4, -0.2) is 49.3 Å². The molecule has 3 N–H and O–H groups in total. The van der Waals surface area contributed by atoms with Crippen molar-refractivity contribution in [3.63, 3.8) is 0 Å². The van der Waals surface area contributed by atoms with Crippen LogP contribution in [0.4, 0.5) is 5.69 Å². The number of hydrogen-bond donors (Lipinski definition) is 3. The van der Waals surface area contributed by atoms with Crippen molar-refractivity contribution in [3.05, 3.63) is 29.8 Å². The maximum atomic E-state index is 9.01. The molecule has 0 amide bonds. The van der Waals surface area contributed by atoms with Gasteiger partial charge in [-0.25, -0.2) is 4.99 Å². The van der Waals surface area contributed by atoms with Crippen molar-refractivity contribution in [2.45, 2.75) is 19.8 Å². The maximum absolute atomic E-state index is 9.01. The fourth-order valence-electron chi connectivity index (χ4n) is 1.86. The highest BCUT2D eigenvalue weighted by Gasteiger charge is 2.04. The number of hydrogen-bond acceptors (Lipinski definition) is 3. The van der Waals surface area contributed by atoms with Gasteiger partial charge in [-0.15, -0.1) is 0 Å². The molecule has 4 nitrogen and oxygen atoms in total. The minimum Gasteiger partial charge on any atom is -0.395 e. The molecule has 19 heavy (non-hydrogen) atoms. The van der Waals surface area contributed by atoms with Crippen LogP contribution >= 0.6 is 0 Å². The highest BCUT2D eigenvalue weighted by atomic mass is 16.3. The Morgan fingerprint density at radius 2 is 1.74 bits per heavy atom. The molecule has 0 atom stereocenters. The summed E-state index contributed by atoms with van der Waals surface area (Å²) in [5.74, 6) is 0. The van der Waals surface area contributed by atoms with Gasteiger partial charge in [-0.1, -0.05) is 13.3 Å². The smallest absolute Gasteiger partial charge is 0.169 e. The Morgan fingerprint density at radius 1 is 1.11 bits per heavy atom. The van der Waals surface area contributed by atoms with Crippen LogP contribution in [0.3, 0.4) is 0 Å². The van der Waals surface area contributed by atoms with Gasteiger partial charge in [0.1, 0.15) is 6.54 Å². The SMILES string of the molecule is CCCC[NH+]=Cc1ccc(N(CCO)CCO)cc1. The first-order valence-electron chi connectivity index (χ1n) is 6.95. The average molecular weight is 265 g/mol. The molecule has 0 aliphatic heterocycles. The molecule has 1 aromatic carbocycles. The third-order valence-electron chi connectivity index (χ3n) is 2.94. The largest absolute Gasteiger partial charge is 0.395 e. The third-order valence-corrected chi connectivity index (χ3v) is 2.94. The summed E-state index contributed by atoms with van der Waals surface area (Å²) in [6.45, 7) is 4.43. The van der Waals surface area contributed by atoms with E-state index in [1.54, 1.807) is 0 Å². The van der Waals surface area contributed by atoms with Crippen LogP contribution in [0.25, 0.3) is 0 Å². The Kier molecular flexibility index (Phi) is 7.86. The number of rotatable bonds is 9. The van der Waals surface area contributed by atoms with Crippen molar-refractivity contribution >= 4 is 11.9 Å². The lowest BCUT2D eigenvalue weighted by atomic mass is 10.2. The van der Waals surface area contributed by atoms with Gasteiger partial charge < -0.3 is 15.1 Å². The minimum atomic E-state index is 0.0897. The molecule has 0 aromatic heterocycles. The summed E-state index contributed by atoms with van der Waals surface area (Å²) in [5, 5.41) is 18.0. The summed E-state index contributed by atoms with van der Waals surface area (Å²) in [6.07, 6.45) is 4.38. The van der Waals surface area contributed by atoms with Crippen molar-refractivity contribution in [2.75, 3.05) is 37.7 Å². The van der Waals surface area contributed by atoms with Gasteiger partial charge in [0, 0.05) is 30.8 Å². The van der Waals surface area contributed by atoms with Crippen molar-refractivity contribution < 1.29 is 15.2 Å². The van der Waals surface area contributed by atoms with E-state index in [-0.39, 0.29) is 13.2 Å². The normalized spacial score (nSPS) is 11.1. The summed E-state index contributed by atoms with van der Waals surface area (Å²) in [5.41, 5.74) is 2.15. The van der Waals surface area contributed by atoms with Gasteiger partial charge in [0.15, 0.2) is 6.21 Å². The number of aliphatic hydroxyl groups is 2. The summed E-state index contributed by atoms with van der Waals surface area (Å²) >= 11 is 0. The Bertz CT molecular complexity index is 357. The molecule has 0 aliphatic carbocycles. The number of nitrogens with zero attached hydrogens (tertiary/aromatic N) is 1. The Balaban J connectivity index is 2.60. The minimum absolute atomic E-state index is 0.0897. The van der Waals surface area contributed by atoms with E-state index < -0.39 is 0 Å². The molecule has 1 rings (SSSR count). The number of aliphatic hydroxyl groups excluding tert-OH is 2. The van der Waals surface area contributed by atoms with Crippen molar-refractivity contribution in [1.29, 1.82) is 0 Å². The molecule has 0 bridgehead atoms. The molecular formula is C15H25N2O2+. The number of benzene rings is 1. The molecule has 0 heterocycles. The van der Waals surface area contributed by atoms with E-state index in [4.69, 9.17) is 10.2 Å². The first kappa shape index (κ1) is 15.7. The fourth-order valence-corrected chi connectivity index (χ4v) is 1.86. The standard InChI is InChI=1S/C15H24N2O2/c1-2-3-8-16-13-14-4-6-15(7-5-14)17(9-11-18)10-12-19/h4-7,13,18-19H,2-3,8-12H2,1H3/p+1. The van der Waals surface area contributed by atoms with Gasteiger partial charge >= 0.3 is 0 Å². The number of nitrogens with one attached hydrogen (secondary N) is 1. The average Bonchev–Trinajstić information content (AvgIpc) is 2.44. The summed E-state index contributed by atoms with van der Waals surface area (Å²) in [4.78, 5) is 5.25. The quantitative estimate of drug-likeness (QED) is 0.427. The lowest BCUT2D eigenvalue weighted by molar-refractivity contribution is -0.451. The van der Waals surface area contributed by atoms with Gasteiger partial charge in [-0.2, -0.15) is 0 Å². The number of unbranched alkanes of at least 4 members (excludes halogenated alkanes) is 1. The van der Waals surface area contributed by atoms with E-state index in [2.05, 4.69) is 11.9 Å². The van der Waals surface area contributed by atoms with Gasteiger partial charge in [-0.05, 0) is 24.3 Å². The second kappa shape index (κ2) is 9.53. The molecule has 106 valence electrons. The van der Waals surface area contributed by atoms with E-state index in [1.807, 2.05) is 35.4 Å². The fraction of sp³-hybridized carbons (Fsp3) is 0.533. The topological polar surface area (TPSA) is 57.7 Å². The van der Waals surface area contributed by atoms with Crippen molar-refractivity contribution in [1.82, 2.24) is 0 Å². The molecule has 0 radical (unpaired) electrons. The van der Waals surface area contributed by atoms with Crippen LogP contribution in [0, 0.1) is 0 Å². The second-order valence-corrected chi connectivity index (χ2v) is 4.48. The van der Waals surface area contributed by atoms with Crippen LogP contribution in [-0.2, 0) is 0 Å². The molecule has 0 aliphatic rings. The van der Waals surface area contributed by atoms with Gasteiger partial charge in [0.05, 0.1) is 13.2 Å². The lowest BCUT2D eigenvalue weighted by Gasteiger charge is -2.22. The molecule has 1 aromatic rings. The zero-order valence-electron chi connectivity index (χ0n) is 11.7. The Labute approximate surface area is 115 Å². The first-order chi connectivity index (χ1) is 9.31. The van der Waals surface area contributed by atoms with Crippen LogP contribution in [0.2, 0.25) is 0 Å². The summed E-state index contributed by atoms with van der Waals surface area (Å²) in [7, 11) is 0. The van der Waals surface area contributed by atoms with Crippen molar-refractivity contribution in [2.24, 2.45) is 0 Å². The predicted octanol–water partition coefficient (Wildman–Crippen LogP) is -0.223. The zero-order valence-corrected chi connectivity index (χ0v) is 11.7. The molecule has 0 unspecified atom stereocenters.